The van der Waals surface area contributed by atoms with E-state index in [0.717, 1.165) is 6.07 Å². The second kappa shape index (κ2) is 4.14. The minimum absolute atomic E-state index is 0.300. The van der Waals surface area contributed by atoms with Crippen molar-refractivity contribution < 1.29 is 27.1 Å². The number of hydrogen-bond donors (Lipinski definition) is 1. The first-order chi connectivity index (χ1) is 6.86. The summed E-state index contributed by atoms with van der Waals surface area (Å²) in [5, 5.41) is 8.95. The smallest absolute Gasteiger partial charge is 0.386 e. The summed E-state index contributed by atoms with van der Waals surface area (Å²) in [6, 6.07) is 1.87. The highest BCUT2D eigenvalue weighted by Crippen LogP contribution is 2.32. The summed E-state index contributed by atoms with van der Waals surface area (Å²) in [5.74, 6) is -1.45. The SMILES string of the molecule is OC(CF)c1ccc(F)c(C(F)(F)F)c1. The monoisotopic (exact) mass is 226 g/mol. The molecule has 6 heteroatoms. The predicted octanol–water partition coefficient (Wildman–Crippen LogP) is 2.85. The molecule has 0 radical (unpaired) electrons. The van der Waals surface area contributed by atoms with Crippen LogP contribution in [0.1, 0.15) is 17.2 Å². The van der Waals surface area contributed by atoms with Crippen molar-refractivity contribution >= 4 is 0 Å². The number of benzene rings is 1. The molecular weight excluding hydrogens is 219 g/mol. The van der Waals surface area contributed by atoms with Gasteiger partial charge in [0, 0.05) is 0 Å². The van der Waals surface area contributed by atoms with Gasteiger partial charge in [-0.05, 0) is 17.7 Å². The Kier molecular flexibility index (Phi) is 3.28. The van der Waals surface area contributed by atoms with Crippen molar-refractivity contribution in [2.45, 2.75) is 12.3 Å². The molecule has 1 N–H and O–H groups in total. The molecule has 84 valence electrons. The maximum atomic E-state index is 12.7. The molecule has 0 saturated carbocycles. The van der Waals surface area contributed by atoms with E-state index < -0.39 is 30.3 Å². The first-order valence-corrected chi connectivity index (χ1v) is 3.97. The minimum Gasteiger partial charge on any atom is -0.386 e. The average molecular weight is 226 g/mol. The van der Waals surface area contributed by atoms with Gasteiger partial charge in [-0.25, -0.2) is 8.78 Å². The molecule has 0 fully saturated rings. The van der Waals surface area contributed by atoms with Crippen LogP contribution in [-0.2, 0) is 6.18 Å². The highest BCUT2D eigenvalue weighted by molar-refractivity contribution is 5.28. The molecule has 0 aliphatic heterocycles. The third-order valence-corrected chi connectivity index (χ3v) is 1.83. The van der Waals surface area contributed by atoms with Gasteiger partial charge in [0.05, 0.1) is 5.56 Å². The summed E-state index contributed by atoms with van der Waals surface area (Å²) in [6.07, 6.45) is -6.51. The molecule has 0 bridgehead atoms. The second-order valence-electron chi connectivity index (χ2n) is 2.91. The van der Waals surface area contributed by atoms with Gasteiger partial charge in [-0.3, -0.25) is 0 Å². The molecule has 0 heterocycles. The molecule has 1 unspecified atom stereocenters. The standard InChI is InChI=1S/C9H7F5O/c10-4-8(15)5-1-2-7(11)6(3-5)9(12,13)14/h1-3,8,15H,4H2. The molecule has 1 atom stereocenters. The highest BCUT2D eigenvalue weighted by Gasteiger charge is 2.34. The van der Waals surface area contributed by atoms with E-state index in [1.54, 1.807) is 0 Å². The van der Waals surface area contributed by atoms with Crippen LogP contribution in [0.2, 0.25) is 0 Å². The lowest BCUT2D eigenvalue weighted by molar-refractivity contribution is -0.140. The normalized spacial score (nSPS) is 14.0. The van der Waals surface area contributed by atoms with E-state index in [9.17, 15) is 22.0 Å². The maximum absolute atomic E-state index is 12.7. The number of rotatable bonds is 2. The van der Waals surface area contributed by atoms with Crippen LogP contribution < -0.4 is 0 Å². The summed E-state index contributed by atoms with van der Waals surface area (Å²) in [7, 11) is 0. The Bertz CT molecular complexity index is 347. The van der Waals surface area contributed by atoms with E-state index >= 15 is 0 Å². The van der Waals surface area contributed by atoms with Crippen LogP contribution in [0.4, 0.5) is 22.0 Å². The van der Waals surface area contributed by atoms with Crippen molar-refractivity contribution in [3.63, 3.8) is 0 Å². The highest BCUT2D eigenvalue weighted by atomic mass is 19.4. The number of aliphatic hydroxyl groups is 1. The van der Waals surface area contributed by atoms with Gasteiger partial charge < -0.3 is 5.11 Å². The van der Waals surface area contributed by atoms with Crippen LogP contribution in [0.5, 0.6) is 0 Å². The van der Waals surface area contributed by atoms with Crippen molar-refractivity contribution in [1.29, 1.82) is 0 Å². The van der Waals surface area contributed by atoms with Gasteiger partial charge in [0.1, 0.15) is 18.6 Å². The van der Waals surface area contributed by atoms with Crippen molar-refractivity contribution in [3.8, 4) is 0 Å². The fraction of sp³-hybridized carbons (Fsp3) is 0.333. The lowest BCUT2D eigenvalue weighted by Gasteiger charge is -2.11. The van der Waals surface area contributed by atoms with Crippen molar-refractivity contribution in [2.75, 3.05) is 6.67 Å². The molecule has 1 rings (SSSR count). The van der Waals surface area contributed by atoms with Crippen LogP contribution in [-0.4, -0.2) is 11.8 Å². The van der Waals surface area contributed by atoms with Crippen molar-refractivity contribution in [3.05, 3.63) is 35.1 Å². The summed E-state index contributed by atoms with van der Waals surface area (Å²) in [4.78, 5) is 0. The number of halogens is 5. The van der Waals surface area contributed by atoms with Crippen LogP contribution in [0.3, 0.4) is 0 Å². The van der Waals surface area contributed by atoms with E-state index in [2.05, 4.69) is 0 Å². The summed E-state index contributed by atoms with van der Waals surface area (Å²) < 4.78 is 61.3. The molecule has 0 aliphatic carbocycles. The zero-order valence-corrected chi connectivity index (χ0v) is 7.35. The molecular formula is C9H7F5O. The number of alkyl halides is 4. The van der Waals surface area contributed by atoms with Gasteiger partial charge >= 0.3 is 6.18 Å². The first-order valence-electron chi connectivity index (χ1n) is 3.97. The Labute approximate surface area is 82.1 Å². The number of aliphatic hydroxyl groups excluding tert-OH is 1. The van der Waals surface area contributed by atoms with Crippen LogP contribution >= 0.6 is 0 Å². The predicted molar refractivity (Wildman–Crippen MR) is 42.3 cm³/mol. The lowest BCUT2D eigenvalue weighted by Crippen LogP contribution is -2.10. The Morgan fingerprint density at radius 2 is 1.87 bits per heavy atom. The third kappa shape index (κ3) is 2.65. The summed E-state index contributed by atoms with van der Waals surface area (Å²) >= 11 is 0. The molecule has 1 aromatic carbocycles. The van der Waals surface area contributed by atoms with Crippen LogP contribution in [0.25, 0.3) is 0 Å². The lowest BCUT2D eigenvalue weighted by atomic mass is 10.1. The van der Waals surface area contributed by atoms with E-state index in [1.807, 2.05) is 0 Å². The molecule has 0 amide bonds. The zero-order valence-electron chi connectivity index (χ0n) is 7.35. The molecule has 0 aromatic heterocycles. The second-order valence-corrected chi connectivity index (χ2v) is 2.91. The largest absolute Gasteiger partial charge is 0.419 e. The van der Waals surface area contributed by atoms with Gasteiger partial charge in [-0.1, -0.05) is 6.07 Å². The summed E-state index contributed by atoms with van der Waals surface area (Å²) in [6.45, 7) is -1.22. The maximum Gasteiger partial charge on any atom is 0.419 e. The van der Waals surface area contributed by atoms with E-state index in [0.29, 0.717) is 12.1 Å². The molecule has 15 heavy (non-hydrogen) atoms. The van der Waals surface area contributed by atoms with Gasteiger partial charge in [0.25, 0.3) is 0 Å². The number of hydrogen-bond acceptors (Lipinski definition) is 1. The van der Waals surface area contributed by atoms with E-state index in [1.165, 1.54) is 0 Å². The molecule has 1 nitrogen and oxygen atoms in total. The fourth-order valence-electron chi connectivity index (χ4n) is 1.06. The van der Waals surface area contributed by atoms with Gasteiger partial charge in [-0.2, -0.15) is 13.2 Å². The Hall–Kier alpha value is -1.17. The zero-order chi connectivity index (χ0) is 11.6. The van der Waals surface area contributed by atoms with Gasteiger partial charge in [-0.15, -0.1) is 0 Å². The molecule has 1 aromatic rings. The minimum atomic E-state index is -4.85. The Balaban J connectivity index is 3.17. The Morgan fingerprint density at radius 1 is 1.27 bits per heavy atom. The topological polar surface area (TPSA) is 20.2 Å². The van der Waals surface area contributed by atoms with Crippen molar-refractivity contribution in [2.24, 2.45) is 0 Å². The van der Waals surface area contributed by atoms with Gasteiger partial charge in [0.15, 0.2) is 0 Å². The van der Waals surface area contributed by atoms with Crippen LogP contribution in [0.15, 0.2) is 18.2 Å². The quantitative estimate of drug-likeness (QED) is 0.769. The molecule has 0 saturated heterocycles. The third-order valence-electron chi connectivity index (χ3n) is 1.83. The van der Waals surface area contributed by atoms with E-state index in [-0.39, 0.29) is 5.56 Å². The van der Waals surface area contributed by atoms with Crippen LogP contribution in [0, 0.1) is 5.82 Å². The molecule has 0 aliphatic rings. The average Bonchev–Trinajstić information content (AvgIpc) is 2.15. The molecule has 0 spiro atoms. The van der Waals surface area contributed by atoms with Crippen molar-refractivity contribution in [1.82, 2.24) is 0 Å². The first kappa shape index (κ1) is 11.9. The fourth-order valence-corrected chi connectivity index (χ4v) is 1.06. The summed E-state index contributed by atoms with van der Waals surface area (Å²) in [5.41, 5.74) is -1.81. The van der Waals surface area contributed by atoms with E-state index in [4.69, 9.17) is 5.11 Å². The van der Waals surface area contributed by atoms with Gasteiger partial charge in [0.2, 0.25) is 0 Å². The Morgan fingerprint density at radius 3 is 2.33 bits per heavy atom.